The highest BCUT2D eigenvalue weighted by atomic mass is 16.5. The summed E-state index contributed by atoms with van der Waals surface area (Å²) in [6, 6.07) is 14.1. The summed E-state index contributed by atoms with van der Waals surface area (Å²) in [4.78, 5) is 21.5. The lowest BCUT2D eigenvalue weighted by Gasteiger charge is -2.35. The van der Waals surface area contributed by atoms with E-state index < -0.39 is 0 Å². The van der Waals surface area contributed by atoms with E-state index in [9.17, 15) is 4.79 Å². The maximum Gasteiger partial charge on any atom is 0.318 e. The summed E-state index contributed by atoms with van der Waals surface area (Å²) >= 11 is 0. The second kappa shape index (κ2) is 9.44. The second-order valence-electron chi connectivity index (χ2n) is 7.14. The predicted octanol–water partition coefficient (Wildman–Crippen LogP) is 3.85. The van der Waals surface area contributed by atoms with Gasteiger partial charge in [0.1, 0.15) is 11.6 Å². The number of pyridine rings is 1. The smallest absolute Gasteiger partial charge is 0.318 e. The molecule has 1 aromatic heterocycles. The van der Waals surface area contributed by atoms with E-state index in [2.05, 4.69) is 22.1 Å². The summed E-state index contributed by atoms with van der Waals surface area (Å²) in [5, 5.41) is 3.23. The topological polar surface area (TPSA) is 57.7 Å². The molecule has 0 bridgehead atoms. The largest absolute Gasteiger partial charge is 0.497 e. The molecule has 2 aromatic rings. The summed E-state index contributed by atoms with van der Waals surface area (Å²) in [5.74, 6) is 1.82. The van der Waals surface area contributed by atoms with Gasteiger partial charge in [-0.1, -0.05) is 18.2 Å². The minimum Gasteiger partial charge on any atom is -0.497 e. The lowest BCUT2D eigenvalue weighted by molar-refractivity contribution is 0.176. The fraction of sp³-hybridized carbons (Fsp3) is 0.455. The third kappa shape index (κ3) is 4.74. The standard InChI is InChI=1S/C22H30N4O2/c1-4-26(17(2)18-8-7-9-20(16-18)28-3)22(27)24-19-11-14-25(15-12-19)21-10-5-6-13-23-21/h5-10,13,16-17,19H,4,11-12,14-15H2,1-3H3,(H,24,27). The first-order valence-corrected chi connectivity index (χ1v) is 9.99. The zero-order chi connectivity index (χ0) is 19.9. The van der Waals surface area contributed by atoms with Crippen molar-refractivity contribution in [1.82, 2.24) is 15.2 Å². The maximum atomic E-state index is 12.9. The van der Waals surface area contributed by atoms with Gasteiger partial charge in [0.2, 0.25) is 0 Å². The molecule has 28 heavy (non-hydrogen) atoms. The van der Waals surface area contributed by atoms with Gasteiger partial charge < -0.3 is 19.9 Å². The van der Waals surface area contributed by atoms with E-state index in [0.717, 1.165) is 43.1 Å². The number of rotatable bonds is 6. The number of nitrogens with zero attached hydrogens (tertiary/aromatic N) is 3. The molecule has 1 N–H and O–H groups in total. The average molecular weight is 383 g/mol. The Bertz CT molecular complexity index is 760. The summed E-state index contributed by atoms with van der Waals surface area (Å²) in [6.07, 6.45) is 3.67. The molecular formula is C22H30N4O2. The van der Waals surface area contributed by atoms with E-state index in [0.29, 0.717) is 6.54 Å². The van der Waals surface area contributed by atoms with Crippen molar-refractivity contribution in [2.24, 2.45) is 0 Å². The van der Waals surface area contributed by atoms with Crippen LogP contribution in [0.15, 0.2) is 48.7 Å². The van der Waals surface area contributed by atoms with E-state index in [-0.39, 0.29) is 18.1 Å². The number of amides is 2. The van der Waals surface area contributed by atoms with Crippen molar-refractivity contribution in [2.75, 3.05) is 31.6 Å². The first kappa shape index (κ1) is 20.0. The van der Waals surface area contributed by atoms with Crippen LogP contribution in [0.1, 0.15) is 38.3 Å². The highest BCUT2D eigenvalue weighted by Crippen LogP contribution is 2.24. The number of piperidine rings is 1. The summed E-state index contributed by atoms with van der Waals surface area (Å²) in [5.41, 5.74) is 1.07. The SMILES string of the molecule is CCN(C(=O)NC1CCN(c2ccccn2)CC1)C(C)c1cccc(OC)c1. The van der Waals surface area contributed by atoms with Gasteiger partial charge in [-0.25, -0.2) is 9.78 Å². The molecule has 0 spiro atoms. The molecule has 0 saturated carbocycles. The second-order valence-corrected chi connectivity index (χ2v) is 7.14. The van der Waals surface area contributed by atoms with E-state index in [4.69, 9.17) is 4.74 Å². The van der Waals surface area contributed by atoms with Crippen molar-refractivity contribution < 1.29 is 9.53 Å². The van der Waals surface area contributed by atoms with Crippen LogP contribution in [0.25, 0.3) is 0 Å². The number of carbonyl (C=O) groups is 1. The highest BCUT2D eigenvalue weighted by molar-refractivity contribution is 5.75. The number of ether oxygens (including phenoxy) is 1. The first-order chi connectivity index (χ1) is 13.6. The number of hydrogen-bond donors (Lipinski definition) is 1. The van der Waals surface area contributed by atoms with Crippen LogP contribution in [-0.4, -0.2) is 48.7 Å². The van der Waals surface area contributed by atoms with Gasteiger partial charge in [-0.15, -0.1) is 0 Å². The summed E-state index contributed by atoms with van der Waals surface area (Å²) in [6.45, 7) is 6.53. The fourth-order valence-electron chi connectivity index (χ4n) is 3.73. The Kier molecular flexibility index (Phi) is 6.74. The van der Waals surface area contributed by atoms with Gasteiger partial charge in [-0.2, -0.15) is 0 Å². The van der Waals surface area contributed by atoms with E-state index in [1.165, 1.54) is 0 Å². The molecule has 1 aliphatic heterocycles. The molecule has 1 aromatic carbocycles. The Hall–Kier alpha value is -2.76. The number of anilines is 1. The molecule has 1 atom stereocenters. The van der Waals surface area contributed by atoms with Crippen molar-refractivity contribution in [1.29, 1.82) is 0 Å². The van der Waals surface area contributed by atoms with Crippen molar-refractivity contribution in [2.45, 2.75) is 38.8 Å². The highest BCUT2D eigenvalue weighted by Gasteiger charge is 2.25. The lowest BCUT2D eigenvalue weighted by Crippen LogP contribution is -2.50. The van der Waals surface area contributed by atoms with Crippen LogP contribution in [0.3, 0.4) is 0 Å². The number of carbonyl (C=O) groups excluding carboxylic acids is 1. The van der Waals surface area contributed by atoms with Gasteiger partial charge in [-0.3, -0.25) is 0 Å². The third-order valence-electron chi connectivity index (χ3n) is 5.44. The molecule has 1 unspecified atom stereocenters. The molecule has 150 valence electrons. The molecule has 1 saturated heterocycles. The average Bonchev–Trinajstić information content (AvgIpc) is 2.75. The van der Waals surface area contributed by atoms with Crippen molar-refractivity contribution in [3.63, 3.8) is 0 Å². The molecule has 1 aliphatic rings. The number of nitrogens with one attached hydrogen (secondary N) is 1. The van der Waals surface area contributed by atoms with Crippen LogP contribution in [-0.2, 0) is 0 Å². The number of hydrogen-bond acceptors (Lipinski definition) is 4. The quantitative estimate of drug-likeness (QED) is 0.824. The molecule has 1 fully saturated rings. The van der Waals surface area contributed by atoms with Crippen molar-refractivity contribution in [3.8, 4) is 5.75 Å². The van der Waals surface area contributed by atoms with Crippen LogP contribution in [0.2, 0.25) is 0 Å². The predicted molar refractivity (Wildman–Crippen MR) is 112 cm³/mol. The Morgan fingerprint density at radius 3 is 2.71 bits per heavy atom. The minimum absolute atomic E-state index is 0.00546. The summed E-state index contributed by atoms with van der Waals surface area (Å²) < 4.78 is 5.32. The third-order valence-corrected chi connectivity index (χ3v) is 5.44. The van der Waals surface area contributed by atoms with Crippen LogP contribution in [0.5, 0.6) is 5.75 Å². The van der Waals surface area contributed by atoms with E-state index >= 15 is 0 Å². The minimum atomic E-state index is -0.0197. The van der Waals surface area contributed by atoms with Crippen LogP contribution in [0, 0.1) is 0 Å². The van der Waals surface area contributed by atoms with Gasteiger partial charge in [0.05, 0.1) is 13.2 Å². The molecular weight excluding hydrogens is 352 g/mol. The van der Waals surface area contributed by atoms with Crippen molar-refractivity contribution >= 4 is 11.8 Å². The number of methoxy groups -OCH3 is 1. The number of benzene rings is 1. The van der Waals surface area contributed by atoms with Crippen LogP contribution >= 0.6 is 0 Å². The van der Waals surface area contributed by atoms with E-state index in [1.54, 1.807) is 7.11 Å². The fourth-order valence-corrected chi connectivity index (χ4v) is 3.73. The molecule has 6 heteroatoms. The Balaban J connectivity index is 1.57. The first-order valence-electron chi connectivity index (χ1n) is 9.99. The number of aromatic nitrogens is 1. The van der Waals surface area contributed by atoms with Gasteiger partial charge in [-0.05, 0) is 56.5 Å². The maximum absolute atomic E-state index is 12.9. The molecule has 2 heterocycles. The van der Waals surface area contributed by atoms with Crippen LogP contribution in [0.4, 0.5) is 10.6 Å². The van der Waals surface area contributed by atoms with Gasteiger partial charge in [0.25, 0.3) is 0 Å². The van der Waals surface area contributed by atoms with Gasteiger partial charge >= 0.3 is 6.03 Å². The van der Waals surface area contributed by atoms with Crippen LogP contribution < -0.4 is 15.0 Å². The monoisotopic (exact) mass is 382 g/mol. The molecule has 0 radical (unpaired) electrons. The molecule has 0 aliphatic carbocycles. The van der Waals surface area contributed by atoms with E-state index in [1.807, 2.05) is 60.5 Å². The summed E-state index contributed by atoms with van der Waals surface area (Å²) in [7, 11) is 1.66. The number of urea groups is 1. The lowest BCUT2D eigenvalue weighted by atomic mass is 10.0. The van der Waals surface area contributed by atoms with Gasteiger partial charge in [0.15, 0.2) is 0 Å². The zero-order valence-electron chi connectivity index (χ0n) is 17.0. The Morgan fingerprint density at radius 2 is 2.07 bits per heavy atom. The Labute approximate surface area is 167 Å². The normalized spacial score (nSPS) is 15.8. The molecule has 3 rings (SSSR count). The Morgan fingerprint density at radius 1 is 1.29 bits per heavy atom. The zero-order valence-corrected chi connectivity index (χ0v) is 17.0. The molecule has 6 nitrogen and oxygen atoms in total. The van der Waals surface area contributed by atoms with Crippen molar-refractivity contribution in [3.05, 3.63) is 54.2 Å². The van der Waals surface area contributed by atoms with Gasteiger partial charge in [0, 0.05) is 31.9 Å². The molecule has 2 amide bonds.